The molecule has 0 N–H and O–H groups in total. The number of halogens is 1. The fraction of sp³-hybridized carbons (Fsp3) is 0.111. The predicted molar refractivity (Wildman–Crippen MR) is 46.4 cm³/mol. The summed E-state index contributed by atoms with van der Waals surface area (Å²) < 4.78 is 14.8. The van der Waals surface area contributed by atoms with Gasteiger partial charge in [0, 0.05) is 12.6 Å². The molecule has 1 aromatic carbocycles. The summed E-state index contributed by atoms with van der Waals surface area (Å²) in [5.41, 5.74) is 1.04. The largest absolute Gasteiger partial charge is 0.255 e. The van der Waals surface area contributed by atoms with Crippen LogP contribution in [0.1, 0.15) is 0 Å². The van der Waals surface area contributed by atoms with Crippen LogP contribution >= 0.6 is 0 Å². The molecule has 2 rings (SSSR count). The number of benzene rings is 1. The number of rotatable bonds is 1. The van der Waals surface area contributed by atoms with Gasteiger partial charge in [-0.05, 0) is 12.1 Å². The maximum atomic E-state index is 13.2. The third-order valence-corrected chi connectivity index (χ3v) is 1.75. The van der Waals surface area contributed by atoms with Crippen LogP contribution in [0.4, 0.5) is 4.39 Å². The van der Waals surface area contributed by atoms with E-state index in [2.05, 4.69) is 10.3 Å². The Balaban J connectivity index is 2.52. The van der Waals surface area contributed by atoms with Crippen molar-refractivity contribution in [2.75, 3.05) is 0 Å². The zero-order chi connectivity index (χ0) is 9.26. The Kier molecular flexibility index (Phi) is 1.81. The Morgan fingerprint density at radius 2 is 2.08 bits per heavy atom. The standard InChI is InChI=1S/C9H8FN3/c1-13-6-9(11-12-13)7-4-2-3-5-8(7)10/h2-6H,1H3. The van der Waals surface area contributed by atoms with E-state index in [0.29, 0.717) is 11.3 Å². The van der Waals surface area contributed by atoms with Crippen molar-refractivity contribution >= 4 is 0 Å². The normalized spacial score (nSPS) is 10.3. The van der Waals surface area contributed by atoms with Crippen LogP contribution in [0.15, 0.2) is 30.5 Å². The molecule has 0 spiro atoms. The smallest absolute Gasteiger partial charge is 0.132 e. The average molecular weight is 177 g/mol. The summed E-state index contributed by atoms with van der Waals surface area (Å²) in [4.78, 5) is 0. The van der Waals surface area contributed by atoms with Gasteiger partial charge in [-0.3, -0.25) is 4.68 Å². The first-order valence-electron chi connectivity index (χ1n) is 3.88. The van der Waals surface area contributed by atoms with Crippen molar-refractivity contribution in [3.05, 3.63) is 36.3 Å². The first-order chi connectivity index (χ1) is 6.27. The van der Waals surface area contributed by atoms with Gasteiger partial charge in [0.1, 0.15) is 11.5 Å². The fourth-order valence-corrected chi connectivity index (χ4v) is 1.14. The zero-order valence-corrected chi connectivity index (χ0v) is 7.11. The average Bonchev–Trinajstić information content (AvgIpc) is 2.53. The maximum absolute atomic E-state index is 13.2. The highest BCUT2D eigenvalue weighted by Gasteiger charge is 2.06. The number of hydrogen-bond acceptors (Lipinski definition) is 2. The lowest BCUT2D eigenvalue weighted by Gasteiger charge is -1.95. The monoisotopic (exact) mass is 177 g/mol. The Bertz CT molecular complexity index is 422. The molecule has 4 heteroatoms. The molecule has 1 heterocycles. The summed E-state index contributed by atoms with van der Waals surface area (Å²) >= 11 is 0. The van der Waals surface area contributed by atoms with Crippen LogP contribution in [0.3, 0.4) is 0 Å². The minimum Gasteiger partial charge on any atom is -0.255 e. The van der Waals surface area contributed by atoms with E-state index in [9.17, 15) is 4.39 Å². The lowest BCUT2D eigenvalue weighted by atomic mass is 10.1. The fourth-order valence-electron chi connectivity index (χ4n) is 1.14. The van der Waals surface area contributed by atoms with Crippen molar-refractivity contribution in [1.82, 2.24) is 15.0 Å². The summed E-state index contributed by atoms with van der Waals surface area (Å²) in [6, 6.07) is 6.51. The summed E-state index contributed by atoms with van der Waals surface area (Å²) in [6.45, 7) is 0. The number of aromatic nitrogens is 3. The Morgan fingerprint density at radius 1 is 1.31 bits per heavy atom. The molecular weight excluding hydrogens is 169 g/mol. The van der Waals surface area contributed by atoms with Gasteiger partial charge in [0.15, 0.2) is 0 Å². The lowest BCUT2D eigenvalue weighted by molar-refractivity contribution is 0.630. The summed E-state index contributed by atoms with van der Waals surface area (Å²) in [7, 11) is 1.75. The highest BCUT2D eigenvalue weighted by Crippen LogP contribution is 2.18. The van der Waals surface area contributed by atoms with Crippen molar-refractivity contribution in [3.63, 3.8) is 0 Å². The van der Waals surface area contributed by atoms with E-state index in [1.165, 1.54) is 6.07 Å². The number of hydrogen-bond donors (Lipinski definition) is 0. The molecule has 0 saturated carbocycles. The van der Waals surface area contributed by atoms with Crippen molar-refractivity contribution in [2.45, 2.75) is 0 Å². The third-order valence-electron chi connectivity index (χ3n) is 1.75. The molecule has 3 nitrogen and oxygen atoms in total. The summed E-state index contributed by atoms with van der Waals surface area (Å²) in [5.74, 6) is -0.275. The van der Waals surface area contributed by atoms with E-state index in [0.717, 1.165) is 0 Å². The van der Waals surface area contributed by atoms with Crippen LogP contribution in [0.2, 0.25) is 0 Å². The van der Waals surface area contributed by atoms with E-state index in [1.54, 1.807) is 36.1 Å². The molecular formula is C9H8FN3. The molecule has 66 valence electrons. The van der Waals surface area contributed by atoms with Crippen LogP contribution in [-0.4, -0.2) is 15.0 Å². The second-order valence-corrected chi connectivity index (χ2v) is 2.76. The first kappa shape index (κ1) is 7.91. The van der Waals surface area contributed by atoms with Gasteiger partial charge in [-0.15, -0.1) is 5.10 Å². The Hall–Kier alpha value is -1.71. The minimum absolute atomic E-state index is 0.275. The number of aryl methyl sites for hydroxylation is 1. The quantitative estimate of drug-likeness (QED) is 0.662. The highest BCUT2D eigenvalue weighted by molar-refractivity contribution is 5.58. The Labute approximate surface area is 74.8 Å². The second kappa shape index (κ2) is 2.97. The van der Waals surface area contributed by atoms with Crippen molar-refractivity contribution in [1.29, 1.82) is 0 Å². The second-order valence-electron chi connectivity index (χ2n) is 2.76. The van der Waals surface area contributed by atoms with E-state index in [4.69, 9.17) is 0 Å². The molecule has 1 aromatic heterocycles. The van der Waals surface area contributed by atoms with E-state index in [1.807, 2.05) is 0 Å². The molecule has 13 heavy (non-hydrogen) atoms. The molecule has 0 unspecified atom stereocenters. The lowest BCUT2D eigenvalue weighted by Crippen LogP contribution is -1.85. The van der Waals surface area contributed by atoms with Gasteiger partial charge in [-0.2, -0.15) is 0 Å². The van der Waals surface area contributed by atoms with Gasteiger partial charge < -0.3 is 0 Å². The first-order valence-corrected chi connectivity index (χ1v) is 3.88. The molecule has 0 bridgehead atoms. The molecule has 0 saturated heterocycles. The van der Waals surface area contributed by atoms with Crippen molar-refractivity contribution < 1.29 is 4.39 Å². The van der Waals surface area contributed by atoms with Crippen molar-refractivity contribution in [3.8, 4) is 11.3 Å². The highest BCUT2D eigenvalue weighted by atomic mass is 19.1. The summed E-state index contributed by atoms with van der Waals surface area (Å²) in [6.07, 6.45) is 1.68. The van der Waals surface area contributed by atoms with Crippen molar-refractivity contribution in [2.24, 2.45) is 7.05 Å². The topological polar surface area (TPSA) is 30.7 Å². The minimum atomic E-state index is -0.275. The molecule has 0 amide bonds. The van der Waals surface area contributed by atoms with E-state index in [-0.39, 0.29) is 5.82 Å². The van der Waals surface area contributed by atoms with Gasteiger partial charge in [-0.1, -0.05) is 17.3 Å². The van der Waals surface area contributed by atoms with Gasteiger partial charge in [0.05, 0.1) is 6.20 Å². The van der Waals surface area contributed by atoms with E-state index < -0.39 is 0 Å². The molecule has 0 radical (unpaired) electrons. The van der Waals surface area contributed by atoms with Crippen LogP contribution in [0.5, 0.6) is 0 Å². The zero-order valence-electron chi connectivity index (χ0n) is 7.11. The van der Waals surface area contributed by atoms with Gasteiger partial charge in [0.25, 0.3) is 0 Å². The molecule has 0 atom stereocenters. The predicted octanol–water partition coefficient (Wildman–Crippen LogP) is 1.62. The molecule has 0 aliphatic rings. The summed E-state index contributed by atoms with van der Waals surface area (Å²) in [5, 5.41) is 7.55. The van der Waals surface area contributed by atoms with Crippen LogP contribution in [-0.2, 0) is 7.05 Å². The van der Waals surface area contributed by atoms with Crippen LogP contribution in [0, 0.1) is 5.82 Å². The van der Waals surface area contributed by atoms with Gasteiger partial charge >= 0.3 is 0 Å². The van der Waals surface area contributed by atoms with Crippen LogP contribution in [0.25, 0.3) is 11.3 Å². The third kappa shape index (κ3) is 1.42. The van der Waals surface area contributed by atoms with Gasteiger partial charge in [0.2, 0.25) is 0 Å². The molecule has 0 aliphatic carbocycles. The Morgan fingerprint density at radius 3 is 2.69 bits per heavy atom. The molecule has 0 fully saturated rings. The number of nitrogens with zero attached hydrogens (tertiary/aromatic N) is 3. The van der Waals surface area contributed by atoms with Crippen LogP contribution < -0.4 is 0 Å². The maximum Gasteiger partial charge on any atom is 0.132 e. The van der Waals surface area contributed by atoms with Gasteiger partial charge in [-0.25, -0.2) is 4.39 Å². The molecule has 2 aromatic rings. The SMILES string of the molecule is Cn1cc(-c2ccccc2F)nn1. The molecule has 0 aliphatic heterocycles. The van der Waals surface area contributed by atoms with E-state index >= 15 is 0 Å².